The largest absolute Gasteiger partial charge is 0.438 e. The van der Waals surface area contributed by atoms with Crippen molar-refractivity contribution in [3.8, 4) is 0 Å². The van der Waals surface area contributed by atoms with Gasteiger partial charge in [0.15, 0.2) is 5.58 Å². The molecule has 0 saturated carbocycles. The second-order valence-corrected chi connectivity index (χ2v) is 12.3. The predicted molar refractivity (Wildman–Crippen MR) is 152 cm³/mol. The standard InChI is InChI=1S/C31H32N2OS/c1-17(2)13-25-18(3)21-11-12-23-26-27(32-16-33-30(26)34-28(23)29(21)35-25)20-14-19-9-7-8-10-22(19)24(15-20)31(4,5)6/h7-12,14-15,17,33H,13,16H2,1-6H3. The summed E-state index contributed by atoms with van der Waals surface area (Å²) in [4.78, 5) is 6.45. The van der Waals surface area contributed by atoms with Gasteiger partial charge in [0.25, 0.3) is 0 Å². The molecule has 0 fully saturated rings. The number of thiophene rings is 1. The molecule has 1 aliphatic rings. The normalized spacial score (nSPS) is 14.1. The van der Waals surface area contributed by atoms with E-state index in [0.29, 0.717) is 12.6 Å². The van der Waals surface area contributed by atoms with Gasteiger partial charge in [0.1, 0.15) is 6.67 Å². The minimum absolute atomic E-state index is 0.0257. The Morgan fingerprint density at radius 3 is 2.57 bits per heavy atom. The van der Waals surface area contributed by atoms with Gasteiger partial charge >= 0.3 is 0 Å². The molecular formula is C31H32N2OS. The highest BCUT2D eigenvalue weighted by atomic mass is 32.1. The zero-order chi connectivity index (χ0) is 24.5. The van der Waals surface area contributed by atoms with E-state index in [4.69, 9.17) is 9.41 Å². The summed E-state index contributed by atoms with van der Waals surface area (Å²) in [6.07, 6.45) is 1.10. The Hall–Kier alpha value is -3.11. The SMILES string of the molecule is Cc1c(CC(C)C)sc2c1ccc1c3c(oc12)NCN=C3c1cc(C(C)(C)C)c2ccccc2c1. The number of aliphatic imine (C=N–C) groups is 1. The average Bonchev–Trinajstić information content (AvgIpc) is 3.35. The Kier molecular flexibility index (Phi) is 5.08. The van der Waals surface area contributed by atoms with Crippen molar-refractivity contribution in [3.05, 3.63) is 75.7 Å². The van der Waals surface area contributed by atoms with Crippen molar-refractivity contribution in [2.75, 3.05) is 12.0 Å². The van der Waals surface area contributed by atoms with Crippen molar-refractivity contribution in [1.82, 2.24) is 0 Å². The molecule has 3 heterocycles. The van der Waals surface area contributed by atoms with Crippen LogP contribution in [0, 0.1) is 12.8 Å². The Morgan fingerprint density at radius 2 is 1.80 bits per heavy atom. The fraction of sp³-hybridized carbons (Fsp3) is 0.323. The lowest BCUT2D eigenvalue weighted by molar-refractivity contribution is 0.596. The van der Waals surface area contributed by atoms with Crippen molar-refractivity contribution in [1.29, 1.82) is 0 Å². The molecule has 0 saturated heterocycles. The Morgan fingerprint density at radius 1 is 1.03 bits per heavy atom. The van der Waals surface area contributed by atoms with E-state index in [9.17, 15) is 0 Å². The number of furan rings is 1. The zero-order valence-electron chi connectivity index (χ0n) is 21.4. The minimum atomic E-state index is 0.0257. The van der Waals surface area contributed by atoms with E-state index in [1.807, 2.05) is 11.3 Å². The molecule has 0 atom stereocenters. The fourth-order valence-electron chi connectivity index (χ4n) is 5.38. The first kappa shape index (κ1) is 22.4. The first-order chi connectivity index (χ1) is 16.7. The smallest absolute Gasteiger partial charge is 0.205 e. The highest BCUT2D eigenvalue weighted by Gasteiger charge is 2.27. The van der Waals surface area contributed by atoms with Crippen LogP contribution in [0.25, 0.3) is 31.8 Å². The molecule has 0 radical (unpaired) electrons. The van der Waals surface area contributed by atoms with E-state index in [1.165, 1.54) is 36.9 Å². The molecule has 5 aromatic rings. The van der Waals surface area contributed by atoms with Crippen LogP contribution >= 0.6 is 11.3 Å². The highest BCUT2D eigenvalue weighted by Crippen LogP contribution is 2.43. The van der Waals surface area contributed by atoms with Gasteiger partial charge in [-0.25, -0.2) is 0 Å². The third-order valence-corrected chi connectivity index (χ3v) is 8.44. The van der Waals surface area contributed by atoms with Crippen molar-refractivity contribution in [3.63, 3.8) is 0 Å². The lowest BCUT2D eigenvalue weighted by atomic mass is 9.81. The van der Waals surface area contributed by atoms with Crippen molar-refractivity contribution >= 4 is 54.8 Å². The summed E-state index contributed by atoms with van der Waals surface area (Å²) in [6.45, 7) is 14.2. The van der Waals surface area contributed by atoms with Crippen LogP contribution < -0.4 is 5.32 Å². The highest BCUT2D eigenvalue weighted by molar-refractivity contribution is 7.20. The number of anilines is 1. The molecule has 2 aromatic heterocycles. The molecule has 3 aromatic carbocycles. The number of benzene rings is 3. The van der Waals surface area contributed by atoms with Gasteiger partial charge in [-0.15, -0.1) is 11.3 Å². The number of fused-ring (bicyclic) bond motifs is 6. The molecule has 4 heteroatoms. The van der Waals surface area contributed by atoms with Crippen LogP contribution in [0.15, 0.2) is 57.9 Å². The molecular weight excluding hydrogens is 448 g/mol. The molecule has 6 rings (SSSR count). The predicted octanol–water partition coefficient (Wildman–Crippen LogP) is 8.83. The lowest BCUT2D eigenvalue weighted by Gasteiger charge is -2.24. The maximum atomic E-state index is 6.53. The molecule has 0 spiro atoms. The summed E-state index contributed by atoms with van der Waals surface area (Å²) in [7, 11) is 0. The minimum Gasteiger partial charge on any atom is -0.438 e. The van der Waals surface area contributed by atoms with Gasteiger partial charge in [-0.3, -0.25) is 4.99 Å². The number of nitrogens with zero attached hydrogens (tertiary/aromatic N) is 1. The summed E-state index contributed by atoms with van der Waals surface area (Å²) in [5.41, 5.74) is 7.00. The molecule has 0 unspecified atom stereocenters. The molecule has 3 nitrogen and oxygen atoms in total. The van der Waals surface area contributed by atoms with Crippen molar-refractivity contribution in [2.24, 2.45) is 10.9 Å². The summed E-state index contributed by atoms with van der Waals surface area (Å²) >= 11 is 1.89. The van der Waals surface area contributed by atoms with Gasteiger partial charge in [-0.1, -0.05) is 65.0 Å². The molecule has 0 bridgehead atoms. The number of aryl methyl sites for hydroxylation is 1. The van der Waals surface area contributed by atoms with Gasteiger partial charge < -0.3 is 9.73 Å². The van der Waals surface area contributed by atoms with Gasteiger partial charge in [0, 0.05) is 15.8 Å². The van der Waals surface area contributed by atoms with E-state index in [2.05, 4.69) is 95.4 Å². The second kappa shape index (κ2) is 7.96. The molecule has 1 N–H and O–H groups in total. The molecule has 1 aliphatic heterocycles. The van der Waals surface area contributed by atoms with E-state index >= 15 is 0 Å². The van der Waals surface area contributed by atoms with Gasteiger partial charge in [0.2, 0.25) is 5.88 Å². The molecule has 0 amide bonds. The maximum Gasteiger partial charge on any atom is 0.205 e. The van der Waals surface area contributed by atoms with E-state index < -0.39 is 0 Å². The topological polar surface area (TPSA) is 37.5 Å². The third kappa shape index (κ3) is 3.58. The lowest BCUT2D eigenvalue weighted by Crippen LogP contribution is -2.17. The third-order valence-electron chi connectivity index (χ3n) is 7.11. The quantitative estimate of drug-likeness (QED) is 0.280. The summed E-state index contributed by atoms with van der Waals surface area (Å²) in [5.74, 6) is 1.46. The number of nitrogens with one attached hydrogen (secondary N) is 1. The number of rotatable bonds is 3. The van der Waals surface area contributed by atoms with Crippen LogP contribution in [-0.2, 0) is 11.8 Å². The van der Waals surface area contributed by atoms with Gasteiger partial charge in [-0.05, 0) is 70.2 Å². The Bertz CT molecular complexity index is 1640. The van der Waals surface area contributed by atoms with Crippen LogP contribution in [0.5, 0.6) is 0 Å². The van der Waals surface area contributed by atoms with E-state index in [-0.39, 0.29) is 5.41 Å². The van der Waals surface area contributed by atoms with Crippen LogP contribution in [0.4, 0.5) is 5.88 Å². The second-order valence-electron chi connectivity index (χ2n) is 11.2. The number of hydrogen-bond acceptors (Lipinski definition) is 4. The van der Waals surface area contributed by atoms with E-state index in [1.54, 1.807) is 0 Å². The van der Waals surface area contributed by atoms with Gasteiger partial charge in [0.05, 0.1) is 16.0 Å². The Balaban J connectivity index is 1.58. The Labute approximate surface area is 210 Å². The van der Waals surface area contributed by atoms with Crippen LogP contribution in [0.2, 0.25) is 0 Å². The molecule has 0 aliphatic carbocycles. The van der Waals surface area contributed by atoms with Crippen LogP contribution in [0.3, 0.4) is 0 Å². The average molecular weight is 481 g/mol. The van der Waals surface area contributed by atoms with E-state index in [0.717, 1.165) is 40.1 Å². The molecule has 178 valence electrons. The van der Waals surface area contributed by atoms with Gasteiger partial charge in [-0.2, -0.15) is 0 Å². The first-order valence-electron chi connectivity index (χ1n) is 12.5. The first-order valence-corrected chi connectivity index (χ1v) is 13.3. The summed E-state index contributed by atoms with van der Waals surface area (Å²) in [5, 5.41) is 8.41. The maximum absolute atomic E-state index is 6.53. The molecule has 35 heavy (non-hydrogen) atoms. The zero-order valence-corrected chi connectivity index (χ0v) is 22.2. The van der Waals surface area contributed by atoms with Crippen molar-refractivity contribution < 1.29 is 4.42 Å². The van der Waals surface area contributed by atoms with Crippen LogP contribution in [-0.4, -0.2) is 12.4 Å². The van der Waals surface area contributed by atoms with Crippen molar-refractivity contribution in [2.45, 2.75) is 53.4 Å². The monoisotopic (exact) mass is 480 g/mol. The van der Waals surface area contributed by atoms with Crippen LogP contribution in [0.1, 0.15) is 61.7 Å². The summed E-state index contributed by atoms with van der Waals surface area (Å²) in [6, 6.07) is 17.8. The summed E-state index contributed by atoms with van der Waals surface area (Å²) < 4.78 is 7.78. The number of hydrogen-bond donors (Lipinski definition) is 1. The fourth-order valence-corrected chi connectivity index (χ4v) is 6.88.